The largest absolute Gasteiger partial charge is 0.489 e. The number of nitrogen functional groups attached to an aromatic ring is 1. The minimum Gasteiger partial charge on any atom is -0.489 e. The molecule has 3 heteroatoms. The number of nitrogens with zero attached hydrogens (tertiary/aromatic N) is 1. The van der Waals surface area contributed by atoms with Crippen molar-refractivity contribution in [3.8, 4) is 5.75 Å². The number of nitrogens with two attached hydrogens (primary N) is 1. The maximum atomic E-state index is 6.31. The van der Waals surface area contributed by atoms with Crippen molar-refractivity contribution >= 4 is 5.69 Å². The number of hydrogen-bond acceptors (Lipinski definition) is 3. The molecule has 2 unspecified atom stereocenters. The monoisotopic (exact) mass is 308 g/mol. The summed E-state index contributed by atoms with van der Waals surface area (Å²) in [5, 5.41) is 0. The third-order valence-electron chi connectivity index (χ3n) is 5.22. The van der Waals surface area contributed by atoms with Gasteiger partial charge in [0.25, 0.3) is 0 Å². The average Bonchev–Trinajstić information content (AvgIpc) is 2.58. The van der Waals surface area contributed by atoms with Gasteiger partial charge in [-0.25, -0.2) is 0 Å². The summed E-state index contributed by atoms with van der Waals surface area (Å²) in [7, 11) is 0. The second-order valence-corrected chi connectivity index (χ2v) is 6.89. The predicted octanol–water partition coefficient (Wildman–Crippen LogP) is 3.70. The van der Waals surface area contributed by atoms with Crippen LogP contribution in [0.25, 0.3) is 0 Å². The van der Waals surface area contributed by atoms with Crippen molar-refractivity contribution in [1.82, 2.24) is 4.90 Å². The van der Waals surface area contributed by atoms with Crippen molar-refractivity contribution in [2.24, 2.45) is 5.92 Å². The number of hydrogen-bond donors (Lipinski definition) is 1. The smallest absolute Gasteiger partial charge is 0.119 e. The second-order valence-electron chi connectivity index (χ2n) is 6.89. The Bertz CT molecular complexity index is 640. The van der Waals surface area contributed by atoms with E-state index in [4.69, 9.17) is 10.5 Å². The van der Waals surface area contributed by atoms with Crippen molar-refractivity contribution < 1.29 is 4.74 Å². The minimum atomic E-state index is 0.301. The summed E-state index contributed by atoms with van der Waals surface area (Å²) in [6, 6.07) is 19.1. The molecular formula is C20H24N2O. The number of benzene rings is 2. The lowest BCUT2D eigenvalue weighted by Crippen LogP contribution is -2.56. The van der Waals surface area contributed by atoms with Crippen LogP contribution in [0.5, 0.6) is 5.75 Å². The quantitative estimate of drug-likeness (QED) is 0.875. The van der Waals surface area contributed by atoms with Crippen LogP contribution in [-0.4, -0.2) is 23.6 Å². The number of fused-ring (bicyclic) bond motifs is 3. The van der Waals surface area contributed by atoms with E-state index in [9.17, 15) is 0 Å². The predicted molar refractivity (Wildman–Crippen MR) is 93.3 cm³/mol. The minimum absolute atomic E-state index is 0.301. The van der Waals surface area contributed by atoms with Gasteiger partial charge in [-0.3, -0.25) is 4.90 Å². The van der Waals surface area contributed by atoms with E-state index in [0.717, 1.165) is 23.9 Å². The van der Waals surface area contributed by atoms with Crippen LogP contribution in [-0.2, 0) is 6.54 Å². The second kappa shape index (κ2) is 6.25. The molecule has 3 aliphatic rings. The lowest BCUT2D eigenvalue weighted by atomic mass is 9.77. The Morgan fingerprint density at radius 2 is 1.78 bits per heavy atom. The first-order chi connectivity index (χ1) is 11.3. The molecular weight excluding hydrogens is 284 g/mol. The van der Waals surface area contributed by atoms with E-state index in [1.165, 1.54) is 31.4 Å². The summed E-state index contributed by atoms with van der Waals surface area (Å²) >= 11 is 0. The molecule has 3 nitrogen and oxygen atoms in total. The van der Waals surface area contributed by atoms with E-state index in [0.29, 0.717) is 12.1 Å². The Hall–Kier alpha value is -2.00. The van der Waals surface area contributed by atoms with E-state index in [2.05, 4.69) is 35.2 Å². The Morgan fingerprint density at radius 3 is 2.52 bits per heavy atom. The van der Waals surface area contributed by atoms with Gasteiger partial charge in [-0.15, -0.1) is 0 Å². The van der Waals surface area contributed by atoms with Gasteiger partial charge in [0.1, 0.15) is 11.9 Å². The van der Waals surface area contributed by atoms with Crippen molar-refractivity contribution in [1.29, 1.82) is 0 Å². The molecule has 1 saturated carbocycles. The highest BCUT2D eigenvalue weighted by atomic mass is 16.5. The molecule has 120 valence electrons. The third-order valence-corrected chi connectivity index (χ3v) is 5.22. The van der Waals surface area contributed by atoms with Gasteiger partial charge in [-0.2, -0.15) is 0 Å². The fraction of sp³-hybridized carbons (Fsp3) is 0.400. The Balaban J connectivity index is 1.47. The van der Waals surface area contributed by atoms with Gasteiger partial charge >= 0.3 is 0 Å². The lowest BCUT2D eigenvalue weighted by molar-refractivity contribution is -0.0460. The van der Waals surface area contributed by atoms with Crippen LogP contribution in [0.2, 0.25) is 0 Å². The highest BCUT2D eigenvalue weighted by molar-refractivity contribution is 5.41. The molecule has 2 N–H and O–H groups in total. The molecule has 2 aromatic rings. The van der Waals surface area contributed by atoms with Crippen LogP contribution in [0.3, 0.4) is 0 Å². The number of ether oxygens (including phenoxy) is 1. The van der Waals surface area contributed by atoms with Crippen molar-refractivity contribution in [2.45, 2.75) is 38.0 Å². The van der Waals surface area contributed by atoms with Crippen molar-refractivity contribution in [3.05, 3.63) is 60.2 Å². The van der Waals surface area contributed by atoms with Crippen LogP contribution in [0.1, 0.15) is 24.8 Å². The molecule has 2 saturated heterocycles. The van der Waals surface area contributed by atoms with Crippen LogP contribution in [0.15, 0.2) is 54.6 Å². The van der Waals surface area contributed by atoms with Crippen LogP contribution < -0.4 is 10.5 Å². The molecule has 0 amide bonds. The Morgan fingerprint density at radius 1 is 1.00 bits per heavy atom. The maximum absolute atomic E-state index is 6.31. The van der Waals surface area contributed by atoms with Crippen molar-refractivity contribution in [2.75, 3.05) is 12.3 Å². The summed E-state index contributed by atoms with van der Waals surface area (Å²) in [6.45, 7) is 2.24. The zero-order valence-corrected chi connectivity index (χ0v) is 13.4. The topological polar surface area (TPSA) is 38.5 Å². The fourth-order valence-electron chi connectivity index (χ4n) is 4.09. The number of rotatable bonds is 4. The average molecular weight is 308 g/mol. The molecule has 2 heterocycles. The van der Waals surface area contributed by atoms with E-state index < -0.39 is 0 Å². The molecule has 23 heavy (non-hydrogen) atoms. The zero-order valence-electron chi connectivity index (χ0n) is 13.4. The summed E-state index contributed by atoms with van der Waals surface area (Å²) in [6.07, 6.45) is 4.07. The maximum Gasteiger partial charge on any atom is 0.119 e. The highest BCUT2D eigenvalue weighted by Crippen LogP contribution is 2.38. The molecule has 3 atom stereocenters. The molecule has 3 fully saturated rings. The summed E-state index contributed by atoms with van der Waals surface area (Å²) in [4.78, 5) is 2.62. The molecule has 2 aromatic carbocycles. The van der Waals surface area contributed by atoms with Gasteiger partial charge in [0.15, 0.2) is 0 Å². The summed E-state index contributed by atoms with van der Waals surface area (Å²) in [5.41, 5.74) is 7.94. The number of piperidine rings is 2. The van der Waals surface area contributed by atoms with Gasteiger partial charge in [0.05, 0.1) is 0 Å². The zero-order chi connectivity index (χ0) is 15.6. The van der Waals surface area contributed by atoms with E-state index in [-0.39, 0.29) is 0 Å². The highest BCUT2D eigenvalue weighted by Gasteiger charge is 2.41. The van der Waals surface area contributed by atoms with E-state index >= 15 is 0 Å². The van der Waals surface area contributed by atoms with E-state index in [1.807, 2.05) is 24.3 Å². The Labute approximate surface area is 138 Å². The van der Waals surface area contributed by atoms with Crippen molar-refractivity contribution in [3.63, 3.8) is 0 Å². The van der Waals surface area contributed by atoms with Gasteiger partial charge in [0.2, 0.25) is 0 Å². The first kappa shape index (κ1) is 14.6. The number of anilines is 1. The van der Waals surface area contributed by atoms with Crippen LogP contribution in [0, 0.1) is 5.92 Å². The summed E-state index contributed by atoms with van der Waals surface area (Å²) < 4.78 is 6.31. The molecule has 0 aromatic heterocycles. The van der Waals surface area contributed by atoms with Crippen LogP contribution >= 0.6 is 0 Å². The first-order valence-electron chi connectivity index (χ1n) is 8.58. The third kappa shape index (κ3) is 3.20. The standard InChI is InChI=1S/C20H24N2O/c21-17-7-9-18(10-8-17)23-20-12-16-6-11-19(20)22(14-16)13-15-4-2-1-3-5-15/h1-5,7-10,16,19-20H,6,11-14,21H2/t16?,19-,20?/m1/s1. The summed E-state index contributed by atoms with van der Waals surface area (Å²) in [5.74, 6) is 1.71. The molecule has 2 aliphatic heterocycles. The van der Waals surface area contributed by atoms with Gasteiger partial charge < -0.3 is 10.5 Å². The first-order valence-corrected chi connectivity index (χ1v) is 8.58. The fourth-order valence-corrected chi connectivity index (χ4v) is 4.09. The molecule has 1 aliphatic carbocycles. The van der Waals surface area contributed by atoms with Gasteiger partial charge in [0, 0.05) is 24.8 Å². The molecule has 5 rings (SSSR count). The normalized spacial score (nSPS) is 27.0. The van der Waals surface area contributed by atoms with Crippen LogP contribution in [0.4, 0.5) is 5.69 Å². The SMILES string of the molecule is Nc1ccc(OC2CC3CC[C@H]2N(Cc2ccccc2)C3)cc1. The molecule has 0 spiro atoms. The molecule has 2 bridgehead atoms. The molecule has 0 radical (unpaired) electrons. The van der Waals surface area contributed by atoms with Gasteiger partial charge in [-0.05, 0) is 55.0 Å². The van der Waals surface area contributed by atoms with Gasteiger partial charge in [-0.1, -0.05) is 30.3 Å². The lowest BCUT2D eigenvalue weighted by Gasteiger charge is -2.49. The Kier molecular flexibility index (Phi) is 3.96. The van der Waals surface area contributed by atoms with E-state index in [1.54, 1.807) is 0 Å².